The SMILES string of the molecule is CC1(C)OB(c2ccc(CCc3ccc(-c4cc[c-]c(-c5ccc(-c6ccccc6-c6cc(-c7ccccc7-c7ccc(-c8[c-]cc9c(c8)C(C)(C)C(C)(C)C9(C)C)nc7)cc(-c7ccccc7-c7ccc(-c8[c-]cc9c(c8)C(C)(C)C(C)(C)C9(C)C)nc7)c6)cn5)c4)cc3)cc2)OC1(C)C.[Ir+3]. The van der Waals surface area contributed by atoms with E-state index in [0.717, 1.165) is 130 Å². The molecule has 3 aromatic heterocycles. The van der Waals surface area contributed by atoms with Gasteiger partial charge in [-0.05, 0) is 197 Å². The molecule has 0 amide bonds. The number of rotatable bonds is 14. The van der Waals surface area contributed by atoms with Gasteiger partial charge in [0.15, 0.2) is 0 Å². The van der Waals surface area contributed by atoms with Crippen molar-refractivity contribution in [3.05, 3.63) is 289 Å². The summed E-state index contributed by atoms with van der Waals surface area (Å²) in [5.74, 6) is 0. The van der Waals surface area contributed by atoms with E-state index in [-0.39, 0.29) is 70.9 Å². The van der Waals surface area contributed by atoms with Crippen LogP contribution >= 0.6 is 0 Å². The van der Waals surface area contributed by atoms with Crippen LogP contribution < -0.4 is 5.46 Å². The molecule has 0 N–H and O–H groups in total. The van der Waals surface area contributed by atoms with E-state index in [1.165, 1.54) is 33.4 Å². The molecule has 0 spiro atoms. The summed E-state index contributed by atoms with van der Waals surface area (Å²) in [5.41, 5.74) is 29.4. The minimum absolute atomic E-state index is 0. The summed E-state index contributed by atoms with van der Waals surface area (Å²) in [7, 11) is -0.357. The normalized spacial score (nSPS) is 17.4. The fourth-order valence-electron chi connectivity index (χ4n) is 16.2. The van der Waals surface area contributed by atoms with Gasteiger partial charge in [-0.3, -0.25) is 0 Å². The number of benzene rings is 9. The molecule has 9 aromatic carbocycles. The van der Waals surface area contributed by atoms with Gasteiger partial charge in [0.25, 0.3) is 0 Å². The van der Waals surface area contributed by atoms with Crippen molar-refractivity contribution in [1.29, 1.82) is 0 Å². The molecule has 102 heavy (non-hydrogen) atoms. The molecule has 1 fully saturated rings. The number of aromatic nitrogens is 3. The zero-order chi connectivity index (χ0) is 70.8. The maximum atomic E-state index is 6.30. The molecular weight excluding hydrogens is 1420 g/mol. The maximum absolute atomic E-state index is 6.30. The molecule has 1 aliphatic heterocycles. The molecule has 0 radical (unpaired) electrons. The third-order valence-corrected chi connectivity index (χ3v) is 25.8. The molecule has 510 valence electrons. The van der Waals surface area contributed by atoms with Gasteiger partial charge >= 0.3 is 27.2 Å². The van der Waals surface area contributed by atoms with E-state index in [2.05, 4.69) is 341 Å². The van der Waals surface area contributed by atoms with Crippen LogP contribution in [0.2, 0.25) is 0 Å². The first kappa shape index (κ1) is 70.1. The van der Waals surface area contributed by atoms with Gasteiger partial charge in [0, 0.05) is 18.6 Å². The van der Waals surface area contributed by atoms with Gasteiger partial charge in [-0.2, -0.15) is 0 Å². The summed E-state index contributed by atoms with van der Waals surface area (Å²) in [4.78, 5) is 15.6. The minimum atomic E-state index is -0.366. The smallest absolute Gasteiger partial charge is 0.399 e. The fraction of sp³-hybridized carbons (Fsp3) is 0.274. The average Bonchev–Trinajstić information content (AvgIpc) is 1.55. The predicted octanol–water partition coefficient (Wildman–Crippen LogP) is 23.2. The van der Waals surface area contributed by atoms with Gasteiger partial charge in [-0.25, -0.2) is 0 Å². The van der Waals surface area contributed by atoms with Crippen LogP contribution in [-0.2, 0) is 63.9 Å². The van der Waals surface area contributed by atoms with Crippen molar-refractivity contribution in [3.8, 4) is 112 Å². The summed E-state index contributed by atoms with van der Waals surface area (Å²) in [5, 5.41) is 0. The first-order chi connectivity index (χ1) is 48.0. The van der Waals surface area contributed by atoms with Gasteiger partial charge in [0.05, 0.1) is 11.2 Å². The number of pyridine rings is 3. The first-order valence-corrected chi connectivity index (χ1v) is 36.1. The Labute approximate surface area is 620 Å². The number of fused-ring (bicyclic) bond motifs is 2. The van der Waals surface area contributed by atoms with Crippen LogP contribution in [0.1, 0.15) is 144 Å². The number of hydrogen-bond acceptors (Lipinski definition) is 5. The molecule has 12 aromatic rings. The van der Waals surface area contributed by atoms with Crippen LogP contribution in [0.5, 0.6) is 0 Å². The minimum Gasteiger partial charge on any atom is -0.399 e. The van der Waals surface area contributed by atoms with E-state index in [0.29, 0.717) is 0 Å². The molecular formula is C95H91BIrN3O2. The quantitative estimate of drug-likeness (QED) is 0.0802. The Morgan fingerprint density at radius 3 is 0.990 bits per heavy atom. The monoisotopic (exact) mass is 1510 g/mol. The Morgan fingerprint density at radius 2 is 0.637 bits per heavy atom. The Morgan fingerprint density at radius 1 is 0.314 bits per heavy atom. The maximum Gasteiger partial charge on any atom is 3.00 e. The van der Waals surface area contributed by atoms with Crippen molar-refractivity contribution in [2.75, 3.05) is 0 Å². The van der Waals surface area contributed by atoms with Crippen LogP contribution in [0.25, 0.3) is 112 Å². The zero-order valence-corrected chi connectivity index (χ0v) is 64.4. The second kappa shape index (κ2) is 25.8. The second-order valence-corrected chi connectivity index (χ2v) is 32.8. The number of aryl methyl sites for hydroxylation is 2. The predicted molar refractivity (Wildman–Crippen MR) is 420 cm³/mol. The fourth-order valence-corrected chi connectivity index (χ4v) is 16.2. The van der Waals surface area contributed by atoms with E-state index in [1.807, 2.05) is 24.7 Å². The van der Waals surface area contributed by atoms with Gasteiger partial charge in [-0.15, -0.1) is 105 Å². The summed E-state index contributed by atoms with van der Waals surface area (Å²) < 4.78 is 12.6. The van der Waals surface area contributed by atoms with Crippen LogP contribution in [0, 0.1) is 29.0 Å². The molecule has 7 heteroatoms. The molecule has 0 saturated carbocycles. The Balaban J connectivity index is 0.00000882. The third-order valence-electron chi connectivity index (χ3n) is 25.8. The molecule has 4 heterocycles. The van der Waals surface area contributed by atoms with Crippen molar-refractivity contribution in [1.82, 2.24) is 15.0 Å². The van der Waals surface area contributed by atoms with E-state index >= 15 is 0 Å². The van der Waals surface area contributed by atoms with Crippen LogP contribution in [0.15, 0.2) is 237 Å². The van der Waals surface area contributed by atoms with Crippen molar-refractivity contribution < 1.29 is 29.4 Å². The molecule has 0 bridgehead atoms. The first-order valence-electron chi connectivity index (χ1n) is 36.1. The van der Waals surface area contributed by atoms with Crippen molar-refractivity contribution >= 4 is 12.6 Å². The van der Waals surface area contributed by atoms with E-state index < -0.39 is 0 Å². The largest absolute Gasteiger partial charge is 3.00 e. The number of hydrogen-bond donors (Lipinski definition) is 0. The molecule has 1 saturated heterocycles. The summed E-state index contributed by atoms with van der Waals surface area (Å²) >= 11 is 0. The summed E-state index contributed by atoms with van der Waals surface area (Å²) in [6.45, 7) is 37.1. The van der Waals surface area contributed by atoms with Gasteiger partial charge in [0.2, 0.25) is 0 Å². The van der Waals surface area contributed by atoms with E-state index in [4.69, 9.17) is 24.3 Å². The molecule has 5 nitrogen and oxygen atoms in total. The Bertz CT molecular complexity index is 4950. The second-order valence-electron chi connectivity index (χ2n) is 32.8. The van der Waals surface area contributed by atoms with Gasteiger partial charge in [0.1, 0.15) is 0 Å². The van der Waals surface area contributed by atoms with Gasteiger partial charge < -0.3 is 24.3 Å². The van der Waals surface area contributed by atoms with Gasteiger partial charge in [-0.1, -0.05) is 241 Å². The molecule has 15 rings (SSSR count). The average molecular weight is 1510 g/mol. The molecule has 0 atom stereocenters. The molecule has 0 unspecified atom stereocenters. The van der Waals surface area contributed by atoms with Crippen molar-refractivity contribution in [2.45, 2.75) is 156 Å². The van der Waals surface area contributed by atoms with Crippen molar-refractivity contribution in [3.63, 3.8) is 0 Å². The van der Waals surface area contributed by atoms with Crippen LogP contribution in [-0.4, -0.2) is 33.3 Å². The summed E-state index contributed by atoms with van der Waals surface area (Å²) in [6, 6.07) is 90.5. The van der Waals surface area contributed by atoms with Crippen LogP contribution in [0.4, 0.5) is 0 Å². The zero-order valence-electron chi connectivity index (χ0n) is 62.0. The van der Waals surface area contributed by atoms with Crippen LogP contribution in [0.3, 0.4) is 0 Å². The molecule has 2 aliphatic carbocycles. The Hall–Kier alpha value is -8.94. The topological polar surface area (TPSA) is 57.1 Å². The molecule has 3 aliphatic rings. The number of nitrogens with zero attached hydrogens (tertiary/aromatic N) is 3. The van der Waals surface area contributed by atoms with E-state index in [1.54, 1.807) is 0 Å². The summed E-state index contributed by atoms with van der Waals surface area (Å²) in [6.07, 6.45) is 7.98. The Kier molecular flexibility index (Phi) is 17.7. The van der Waals surface area contributed by atoms with Crippen molar-refractivity contribution in [2.24, 2.45) is 10.8 Å². The third kappa shape index (κ3) is 11.8. The standard InChI is InChI=1S/C95H91BN3O2.Ir/c1-88(2)81-47-40-66(56-83(81)90(5,6)92(88,9)10)86-50-43-69(59-98-86)76-27-18-21-30-79(76)72-53-71(54-73(55-72)80-31-22-19-28-77(80)70-44-51-87(99-60-70)67-41-48-82-84(57-67)91(7,8)93(11,12)89(82,3)4)78-29-20-17-26-75(78)68-42-49-85(97-58-68)65-25-23-24-64(52-65)63-38-34-61(35-39-63)32-33-62-36-45-74(46-37-62)96-100-94(13,14)95(15,16)101-96;/h17-24,26-31,34-39,42-60H,32-33H2,1-16H3;/q-3;+3. The van der Waals surface area contributed by atoms with E-state index in [9.17, 15) is 0 Å².